The zero-order valence-corrected chi connectivity index (χ0v) is 14.4. The van der Waals surface area contributed by atoms with Gasteiger partial charge in [0.2, 0.25) is 0 Å². The Hall–Kier alpha value is -3.13. The van der Waals surface area contributed by atoms with Gasteiger partial charge in [0.15, 0.2) is 5.82 Å². The lowest BCUT2D eigenvalue weighted by Crippen LogP contribution is -2.36. The van der Waals surface area contributed by atoms with E-state index < -0.39 is 0 Å². The Morgan fingerprint density at radius 3 is 2.96 bits per heavy atom. The molecule has 0 fully saturated rings. The van der Waals surface area contributed by atoms with Crippen molar-refractivity contribution < 1.29 is 9.53 Å². The van der Waals surface area contributed by atoms with Crippen molar-refractivity contribution in [1.82, 2.24) is 20.1 Å². The van der Waals surface area contributed by atoms with Gasteiger partial charge in [-0.2, -0.15) is 5.10 Å². The number of aryl methyl sites for hydroxylation is 1. The normalized spacial score (nSPS) is 18.2. The molecule has 1 aliphatic rings. The fourth-order valence-electron chi connectivity index (χ4n) is 3.05. The van der Waals surface area contributed by atoms with Crippen molar-refractivity contribution in [3.8, 4) is 0 Å². The van der Waals surface area contributed by atoms with Crippen molar-refractivity contribution in [1.29, 1.82) is 0 Å². The highest BCUT2D eigenvalue weighted by Gasteiger charge is 2.17. The molecule has 0 spiro atoms. The molecule has 2 bridgehead atoms. The molecule has 0 saturated heterocycles. The number of urea groups is 1. The topological polar surface area (TPSA) is 93.1 Å². The summed E-state index contributed by atoms with van der Waals surface area (Å²) in [5.74, 6) is 1.14. The molecule has 1 atom stereocenters. The van der Waals surface area contributed by atoms with E-state index in [4.69, 9.17) is 4.74 Å². The van der Waals surface area contributed by atoms with Crippen LogP contribution in [-0.4, -0.2) is 40.6 Å². The van der Waals surface area contributed by atoms with Crippen LogP contribution in [0.2, 0.25) is 0 Å². The molecule has 8 nitrogen and oxygen atoms in total. The standard InChI is InChI=1S/C18H20N6O2/c1-24-16-13(10-20-24)9-15-22-17(16)19-7-8-26-11-14(21-18(25)23-15)12-5-3-2-4-6-12/h2-6,9-10,14H,7-8,11H2,1H3,(H3,19,21,22,23,25)/t14-/m1/s1. The van der Waals surface area contributed by atoms with Gasteiger partial charge >= 0.3 is 6.03 Å². The van der Waals surface area contributed by atoms with Crippen LogP contribution < -0.4 is 16.0 Å². The van der Waals surface area contributed by atoms with E-state index in [0.29, 0.717) is 31.4 Å². The van der Waals surface area contributed by atoms with Gasteiger partial charge in [0, 0.05) is 19.0 Å². The van der Waals surface area contributed by atoms with E-state index in [2.05, 4.69) is 26.0 Å². The molecule has 134 valence electrons. The summed E-state index contributed by atoms with van der Waals surface area (Å²) in [7, 11) is 1.86. The summed E-state index contributed by atoms with van der Waals surface area (Å²) in [5.41, 5.74) is 1.87. The number of benzene rings is 1. The number of pyridine rings is 1. The number of carbonyl (C=O) groups excluding carboxylic acids is 1. The van der Waals surface area contributed by atoms with Gasteiger partial charge in [0.1, 0.15) is 11.3 Å². The Kier molecular flexibility index (Phi) is 4.40. The van der Waals surface area contributed by atoms with Gasteiger partial charge in [0.05, 0.1) is 25.5 Å². The molecular formula is C18H20N6O2. The maximum atomic E-state index is 12.5. The first-order valence-corrected chi connectivity index (χ1v) is 8.47. The van der Waals surface area contributed by atoms with Gasteiger partial charge in [-0.15, -0.1) is 0 Å². The summed E-state index contributed by atoms with van der Waals surface area (Å²) in [5, 5.41) is 14.2. The lowest BCUT2D eigenvalue weighted by molar-refractivity contribution is 0.122. The monoisotopic (exact) mass is 352 g/mol. The minimum Gasteiger partial charge on any atom is -0.377 e. The molecule has 4 rings (SSSR count). The third kappa shape index (κ3) is 3.31. The van der Waals surface area contributed by atoms with E-state index in [0.717, 1.165) is 16.5 Å². The fourth-order valence-corrected chi connectivity index (χ4v) is 3.05. The molecule has 0 unspecified atom stereocenters. The lowest BCUT2D eigenvalue weighted by atomic mass is 10.1. The van der Waals surface area contributed by atoms with Gasteiger partial charge in [0.25, 0.3) is 0 Å². The van der Waals surface area contributed by atoms with Crippen LogP contribution in [0.25, 0.3) is 10.9 Å². The van der Waals surface area contributed by atoms with Crippen molar-refractivity contribution in [2.75, 3.05) is 30.4 Å². The molecule has 3 heterocycles. The largest absolute Gasteiger partial charge is 0.377 e. The summed E-state index contributed by atoms with van der Waals surface area (Å²) < 4.78 is 7.52. The maximum Gasteiger partial charge on any atom is 0.320 e. The number of fused-ring (bicyclic) bond motifs is 4. The Balaban J connectivity index is 1.64. The van der Waals surface area contributed by atoms with Gasteiger partial charge in [-0.25, -0.2) is 9.78 Å². The molecule has 1 aromatic carbocycles. The predicted molar refractivity (Wildman–Crippen MR) is 99.2 cm³/mol. The van der Waals surface area contributed by atoms with Crippen LogP contribution in [-0.2, 0) is 11.8 Å². The number of carbonyl (C=O) groups is 1. The third-order valence-electron chi connectivity index (χ3n) is 4.29. The average molecular weight is 352 g/mol. The summed E-state index contributed by atoms with van der Waals surface area (Å²) in [6.45, 7) is 1.49. The molecule has 3 N–H and O–H groups in total. The third-order valence-corrected chi connectivity index (χ3v) is 4.29. The number of rotatable bonds is 1. The van der Waals surface area contributed by atoms with E-state index in [1.807, 2.05) is 43.4 Å². The molecule has 0 aliphatic carbocycles. The smallest absolute Gasteiger partial charge is 0.320 e. The molecule has 8 heteroatoms. The second kappa shape index (κ2) is 7.01. The first-order chi connectivity index (χ1) is 12.7. The number of aromatic nitrogens is 3. The van der Waals surface area contributed by atoms with Crippen LogP contribution in [0.1, 0.15) is 11.6 Å². The first kappa shape index (κ1) is 16.3. The van der Waals surface area contributed by atoms with E-state index in [1.54, 1.807) is 10.9 Å². The average Bonchev–Trinajstić information content (AvgIpc) is 3.01. The second-order valence-corrected chi connectivity index (χ2v) is 6.13. The zero-order chi connectivity index (χ0) is 17.9. The number of nitrogens with zero attached hydrogens (tertiary/aromatic N) is 3. The molecule has 0 radical (unpaired) electrons. The van der Waals surface area contributed by atoms with Crippen LogP contribution >= 0.6 is 0 Å². The van der Waals surface area contributed by atoms with Crippen LogP contribution in [0.15, 0.2) is 42.6 Å². The maximum absolute atomic E-state index is 12.5. The summed E-state index contributed by atoms with van der Waals surface area (Å²) in [4.78, 5) is 17.0. The Morgan fingerprint density at radius 2 is 2.12 bits per heavy atom. The number of ether oxygens (including phenoxy) is 1. The molecule has 26 heavy (non-hydrogen) atoms. The van der Waals surface area contributed by atoms with E-state index in [1.165, 1.54) is 0 Å². The molecular weight excluding hydrogens is 332 g/mol. The minimum atomic E-state index is -0.329. The number of amides is 2. The van der Waals surface area contributed by atoms with Crippen molar-refractivity contribution >= 4 is 28.6 Å². The summed E-state index contributed by atoms with van der Waals surface area (Å²) in [6.07, 6.45) is 1.75. The SMILES string of the molecule is Cn1ncc2cc3nc(c21)NCCOC[C@H](c1ccccc1)NC(=O)N3. The molecule has 1 aliphatic heterocycles. The van der Waals surface area contributed by atoms with Crippen LogP contribution in [0.3, 0.4) is 0 Å². The quantitative estimate of drug-likeness (QED) is 0.625. The van der Waals surface area contributed by atoms with Gasteiger partial charge in [-0.05, 0) is 11.6 Å². The lowest BCUT2D eigenvalue weighted by Gasteiger charge is -2.21. The van der Waals surface area contributed by atoms with Crippen LogP contribution in [0, 0.1) is 0 Å². The summed E-state index contributed by atoms with van der Waals surface area (Å²) in [6, 6.07) is 11.0. The molecule has 2 amide bonds. The van der Waals surface area contributed by atoms with Crippen LogP contribution in [0.4, 0.5) is 16.4 Å². The second-order valence-electron chi connectivity index (χ2n) is 6.13. The van der Waals surface area contributed by atoms with Crippen molar-refractivity contribution in [2.45, 2.75) is 6.04 Å². The van der Waals surface area contributed by atoms with Gasteiger partial charge in [-0.1, -0.05) is 30.3 Å². The van der Waals surface area contributed by atoms with E-state index in [9.17, 15) is 4.79 Å². The predicted octanol–water partition coefficient (Wildman–Crippen LogP) is 2.27. The Bertz CT molecular complexity index is 924. The molecule has 2 aromatic heterocycles. The van der Waals surface area contributed by atoms with E-state index in [-0.39, 0.29) is 12.1 Å². The Morgan fingerprint density at radius 1 is 1.27 bits per heavy atom. The van der Waals surface area contributed by atoms with Crippen molar-refractivity contribution in [2.24, 2.45) is 7.05 Å². The highest BCUT2D eigenvalue weighted by Crippen LogP contribution is 2.24. The van der Waals surface area contributed by atoms with Crippen molar-refractivity contribution in [3.05, 3.63) is 48.2 Å². The zero-order valence-electron chi connectivity index (χ0n) is 14.4. The number of anilines is 2. The molecule has 3 aromatic rings. The minimum absolute atomic E-state index is 0.239. The fraction of sp³-hybridized carbons (Fsp3) is 0.278. The highest BCUT2D eigenvalue weighted by atomic mass is 16.5. The van der Waals surface area contributed by atoms with Crippen molar-refractivity contribution in [3.63, 3.8) is 0 Å². The Labute approximate surface area is 150 Å². The van der Waals surface area contributed by atoms with Gasteiger partial charge in [-0.3, -0.25) is 10.00 Å². The number of nitrogens with one attached hydrogen (secondary N) is 3. The number of hydrogen-bond acceptors (Lipinski definition) is 5. The molecule has 0 saturated carbocycles. The van der Waals surface area contributed by atoms with Gasteiger partial charge < -0.3 is 15.4 Å². The van der Waals surface area contributed by atoms with E-state index >= 15 is 0 Å². The summed E-state index contributed by atoms with van der Waals surface area (Å²) >= 11 is 0. The van der Waals surface area contributed by atoms with Crippen LogP contribution in [0.5, 0.6) is 0 Å². The highest BCUT2D eigenvalue weighted by molar-refractivity contribution is 5.95. The number of hydrogen-bond donors (Lipinski definition) is 3. The first-order valence-electron chi connectivity index (χ1n) is 8.47.